The molecule has 0 N–H and O–H groups in total. The molecule has 1 aliphatic heterocycles. The van der Waals surface area contributed by atoms with Gasteiger partial charge in [-0.1, -0.05) is 42.1 Å². The molecule has 1 aliphatic rings. The molecule has 29 heavy (non-hydrogen) atoms. The van der Waals surface area contributed by atoms with Gasteiger partial charge < -0.3 is 9.47 Å². The molecule has 1 saturated heterocycles. The van der Waals surface area contributed by atoms with Crippen molar-refractivity contribution in [3.05, 3.63) is 70.5 Å². The van der Waals surface area contributed by atoms with Gasteiger partial charge in [0.05, 0.1) is 29.1 Å². The number of carbonyl (C=O) groups is 1. The Balaban J connectivity index is 1.48. The van der Waals surface area contributed by atoms with Crippen LogP contribution in [0.4, 0.5) is 0 Å². The fraction of sp³-hybridized carbons (Fsp3) is 0.318. The number of para-hydroxylation sites is 1. The molecule has 7 heteroatoms. The van der Waals surface area contributed by atoms with Crippen molar-refractivity contribution in [3.63, 3.8) is 0 Å². The van der Waals surface area contributed by atoms with Crippen LogP contribution in [-0.4, -0.2) is 40.6 Å². The summed E-state index contributed by atoms with van der Waals surface area (Å²) in [4.78, 5) is 29.8. The molecule has 0 spiro atoms. The van der Waals surface area contributed by atoms with Gasteiger partial charge in [0.15, 0.2) is 5.16 Å². The fourth-order valence-corrected chi connectivity index (χ4v) is 4.16. The molecule has 2 aromatic carbocycles. The number of hydrogen-bond acceptors (Lipinski definition) is 6. The number of carbonyl (C=O) groups excluding carboxylic acids is 1. The lowest BCUT2D eigenvalue weighted by atomic mass is 10.2. The summed E-state index contributed by atoms with van der Waals surface area (Å²) in [5.41, 5.74) is 1.14. The van der Waals surface area contributed by atoms with Crippen LogP contribution in [0.1, 0.15) is 23.2 Å². The first-order valence-corrected chi connectivity index (χ1v) is 10.7. The molecule has 0 aliphatic carbocycles. The number of thioether (sulfide) groups is 1. The van der Waals surface area contributed by atoms with E-state index in [0.717, 1.165) is 19.4 Å². The van der Waals surface area contributed by atoms with Crippen molar-refractivity contribution in [1.82, 2.24) is 9.55 Å². The predicted molar refractivity (Wildman–Crippen MR) is 112 cm³/mol. The van der Waals surface area contributed by atoms with Gasteiger partial charge in [0.25, 0.3) is 5.56 Å². The van der Waals surface area contributed by atoms with E-state index in [1.807, 2.05) is 24.3 Å². The number of nitrogens with zero attached hydrogens (tertiary/aromatic N) is 2. The molecule has 0 amide bonds. The molecule has 4 rings (SSSR count). The summed E-state index contributed by atoms with van der Waals surface area (Å²) in [7, 11) is 0. The van der Waals surface area contributed by atoms with Gasteiger partial charge in [-0.15, -0.1) is 0 Å². The second-order valence-corrected chi connectivity index (χ2v) is 7.87. The van der Waals surface area contributed by atoms with Crippen molar-refractivity contribution in [2.24, 2.45) is 0 Å². The molecule has 2 heterocycles. The Morgan fingerprint density at radius 1 is 1.17 bits per heavy atom. The minimum absolute atomic E-state index is 0.0333. The number of fused-ring (bicyclic) bond motifs is 1. The molecule has 0 bridgehead atoms. The first kappa shape index (κ1) is 19.7. The molecule has 1 fully saturated rings. The summed E-state index contributed by atoms with van der Waals surface area (Å²) in [6.45, 7) is 1.46. The third-order valence-electron chi connectivity index (χ3n) is 4.79. The molecule has 1 atom stereocenters. The summed E-state index contributed by atoms with van der Waals surface area (Å²) in [5.74, 6) is 0.156. The van der Waals surface area contributed by atoms with Gasteiger partial charge in [-0.25, -0.2) is 9.78 Å². The van der Waals surface area contributed by atoms with Crippen LogP contribution in [0.5, 0.6) is 0 Å². The number of esters is 1. The zero-order valence-electron chi connectivity index (χ0n) is 16.0. The largest absolute Gasteiger partial charge is 0.461 e. The highest BCUT2D eigenvalue weighted by molar-refractivity contribution is 7.99. The molecule has 0 radical (unpaired) electrons. The van der Waals surface area contributed by atoms with Crippen molar-refractivity contribution < 1.29 is 14.3 Å². The number of ether oxygens (including phenoxy) is 2. The lowest BCUT2D eigenvalue weighted by Crippen LogP contribution is -2.29. The highest BCUT2D eigenvalue weighted by Crippen LogP contribution is 2.21. The van der Waals surface area contributed by atoms with E-state index in [-0.39, 0.29) is 24.2 Å². The molecular weight excluding hydrogens is 388 g/mol. The van der Waals surface area contributed by atoms with E-state index in [0.29, 0.717) is 33.9 Å². The summed E-state index contributed by atoms with van der Waals surface area (Å²) in [6.07, 6.45) is 1.99. The van der Waals surface area contributed by atoms with E-state index < -0.39 is 0 Å². The quantitative estimate of drug-likeness (QED) is 0.257. The minimum atomic E-state index is -0.352. The molecule has 3 aromatic rings. The van der Waals surface area contributed by atoms with Crippen molar-refractivity contribution >= 4 is 28.6 Å². The van der Waals surface area contributed by atoms with Gasteiger partial charge in [0.2, 0.25) is 0 Å². The van der Waals surface area contributed by atoms with Gasteiger partial charge in [-0.3, -0.25) is 9.36 Å². The fourth-order valence-electron chi connectivity index (χ4n) is 3.34. The zero-order chi connectivity index (χ0) is 20.1. The average Bonchev–Trinajstić information content (AvgIpc) is 3.27. The van der Waals surface area contributed by atoms with Crippen LogP contribution in [0, 0.1) is 0 Å². The minimum Gasteiger partial charge on any atom is -0.461 e. The smallest absolute Gasteiger partial charge is 0.338 e. The first-order chi connectivity index (χ1) is 14.2. The van der Waals surface area contributed by atoms with Crippen LogP contribution in [0.2, 0.25) is 0 Å². The highest BCUT2D eigenvalue weighted by Gasteiger charge is 2.20. The number of rotatable bonds is 7. The molecular formula is C22H22N2O4S. The van der Waals surface area contributed by atoms with E-state index in [4.69, 9.17) is 9.47 Å². The monoisotopic (exact) mass is 410 g/mol. The summed E-state index contributed by atoms with van der Waals surface area (Å²) < 4.78 is 12.8. The van der Waals surface area contributed by atoms with Gasteiger partial charge in [0.1, 0.15) is 6.61 Å². The van der Waals surface area contributed by atoms with Crippen LogP contribution in [0.3, 0.4) is 0 Å². The lowest BCUT2D eigenvalue weighted by molar-refractivity contribution is 0.0530. The molecule has 0 unspecified atom stereocenters. The normalized spacial score (nSPS) is 16.2. The third kappa shape index (κ3) is 4.68. The standard InChI is InChI=1S/C22H22N2O4S/c25-20-18-10-4-5-11-19(18)23-22(24(20)15-17-9-6-12-27-17)29-14-13-28-21(26)16-7-2-1-3-8-16/h1-5,7-8,10-11,17H,6,9,12-15H2/t17-/m1/s1. The molecule has 150 valence electrons. The van der Waals surface area contributed by atoms with Crippen LogP contribution >= 0.6 is 11.8 Å². The van der Waals surface area contributed by atoms with E-state index in [9.17, 15) is 9.59 Å². The van der Waals surface area contributed by atoms with Crippen molar-refractivity contribution in [2.45, 2.75) is 30.6 Å². The molecule has 0 saturated carbocycles. The van der Waals surface area contributed by atoms with Crippen molar-refractivity contribution in [2.75, 3.05) is 19.0 Å². The second kappa shape index (κ2) is 9.24. The van der Waals surface area contributed by atoms with Crippen LogP contribution in [0.15, 0.2) is 64.5 Å². The Morgan fingerprint density at radius 3 is 2.76 bits per heavy atom. The highest BCUT2D eigenvalue weighted by atomic mass is 32.2. The molecule has 1 aromatic heterocycles. The maximum atomic E-state index is 13.0. The van der Waals surface area contributed by atoms with Crippen molar-refractivity contribution in [1.29, 1.82) is 0 Å². The number of hydrogen-bond donors (Lipinski definition) is 0. The van der Waals surface area contributed by atoms with E-state index in [2.05, 4.69) is 4.98 Å². The van der Waals surface area contributed by atoms with Gasteiger partial charge in [0, 0.05) is 12.4 Å². The SMILES string of the molecule is O=C(OCCSc1nc2ccccc2c(=O)n1C[C@H]1CCCO1)c1ccccc1. The average molecular weight is 410 g/mol. The third-order valence-corrected chi connectivity index (χ3v) is 5.73. The summed E-state index contributed by atoms with van der Waals surface area (Å²) in [6, 6.07) is 16.2. The van der Waals surface area contributed by atoms with Crippen LogP contribution in [0.25, 0.3) is 10.9 Å². The second-order valence-electron chi connectivity index (χ2n) is 6.81. The van der Waals surface area contributed by atoms with Crippen molar-refractivity contribution in [3.8, 4) is 0 Å². The number of benzene rings is 2. The predicted octanol–water partition coefficient (Wildman–Crippen LogP) is 3.52. The molecule has 6 nitrogen and oxygen atoms in total. The Kier molecular flexibility index (Phi) is 6.27. The summed E-state index contributed by atoms with van der Waals surface area (Å²) >= 11 is 1.42. The Bertz CT molecular complexity index is 1050. The Hall–Kier alpha value is -2.64. The Morgan fingerprint density at radius 2 is 1.97 bits per heavy atom. The van der Waals surface area contributed by atoms with E-state index >= 15 is 0 Å². The maximum absolute atomic E-state index is 13.0. The van der Waals surface area contributed by atoms with E-state index in [1.165, 1.54) is 11.8 Å². The van der Waals surface area contributed by atoms with Gasteiger partial charge in [-0.2, -0.15) is 0 Å². The first-order valence-electron chi connectivity index (χ1n) is 9.68. The topological polar surface area (TPSA) is 70.4 Å². The number of aromatic nitrogens is 2. The summed E-state index contributed by atoms with van der Waals surface area (Å²) in [5, 5.41) is 1.23. The maximum Gasteiger partial charge on any atom is 0.338 e. The van der Waals surface area contributed by atoms with E-state index in [1.54, 1.807) is 34.9 Å². The van der Waals surface area contributed by atoms with Crippen LogP contribution in [-0.2, 0) is 16.0 Å². The van der Waals surface area contributed by atoms with Crippen LogP contribution < -0.4 is 5.56 Å². The Labute approximate surface area is 172 Å². The van der Waals surface area contributed by atoms with Gasteiger partial charge in [-0.05, 0) is 37.1 Å². The zero-order valence-corrected chi connectivity index (χ0v) is 16.8. The lowest BCUT2D eigenvalue weighted by Gasteiger charge is -2.16. The van der Waals surface area contributed by atoms with Gasteiger partial charge >= 0.3 is 5.97 Å².